The van der Waals surface area contributed by atoms with Crippen LogP contribution in [0.5, 0.6) is 0 Å². The fraction of sp³-hybridized carbons (Fsp3) is 0.556. The Morgan fingerprint density at radius 3 is 2.65 bits per heavy atom. The van der Waals surface area contributed by atoms with E-state index in [0.717, 1.165) is 25.4 Å². The standard InChI is InChI=1S/C18H23ClN2O2/c19-16-8-4-3-7-15(16)18(23)20-11-17(22)21-10-9-13-5-1-2-6-14(13)12-21/h3-4,7-8,13-14H,1-2,5-6,9-12H2,(H,20,23)/t13-,14+/m1/s1. The lowest BCUT2D eigenvalue weighted by molar-refractivity contribution is -0.133. The molecule has 0 radical (unpaired) electrons. The third kappa shape index (κ3) is 3.86. The third-order valence-electron chi connectivity index (χ3n) is 5.16. The van der Waals surface area contributed by atoms with Crippen molar-refractivity contribution in [1.82, 2.24) is 10.2 Å². The van der Waals surface area contributed by atoms with E-state index in [2.05, 4.69) is 5.32 Å². The van der Waals surface area contributed by atoms with Crippen LogP contribution < -0.4 is 5.32 Å². The molecular weight excluding hydrogens is 312 g/mol. The van der Waals surface area contributed by atoms with Crippen LogP contribution in [-0.2, 0) is 4.79 Å². The molecule has 1 saturated heterocycles. The number of nitrogens with zero attached hydrogens (tertiary/aromatic N) is 1. The summed E-state index contributed by atoms with van der Waals surface area (Å²) in [6, 6.07) is 6.87. The molecule has 1 saturated carbocycles. The lowest BCUT2D eigenvalue weighted by Crippen LogP contribution is -2.48. The first-order valence-electron chi connectivity index (χ1n) is 8.45. The zero-order valence-corrected chi connectivity index (χ0v) is 14.0. The monoisotopic (exact) mass is 334 g/mol. The number of nitrogens with one attached hydrogen (secondary N) is 1. The molecule has 0 aromatic heterocycles. The Kier molecular flexibility index (Phi) is 5.21. The van der Waals surface area contributed by atoms with Crippen LogP contribution in [0.3, 0.4) is 0 Å². The Labute approximate surface area is 142 Å². The van der Waals surface area contributed by atoms with Crippen LogP contribution in [-0.4, -0.2) is 36.3 Å². The van der Waals surface area contributed by atoms with Crippen molar-refractivity contribution in [3.63, 3.8) is 0 Å². The SMILES string of the molecule is O=C(NCC(=O)N1CC[C@H]2CCCC[C@H]2C1)c1ccccc1Cl. The van der Waals surface area contributed by atoms with Gasteiger partial charge in [-0.2, -0.15) is 0 Å². The normalized spacial score (nSPS) is 24.0. The van der Waals surface area contributed by atoms with Gasteiger partial charge in [-0.3, -0.25) is 9.59 Å². The number of piperidine rings is 1. The molecule has 1 aliphatic heterocycles. The van der Waals surface area contributed by atoms with Gasteiger partial charge in [0, 0.05) is 13.1 Å². The van der Waals surface area contributed by atoms with Gasteiger partial charge in [0.2, 0.25) is 5.91 Å². The minimum absolute atomic E-state index is 0.00873. The Bertz CT molecular complexity index is 590. The quantitative estimate of drug-likeness (QED) is 0.923. The summed E-state index contributed by atoms with van der Waals surface area (Å²) in [5, 5.41) is 3.10. The fourth-order valence-corrected chi connectivity index (χ4v) is 4.06. The molecule has 0 unspecified atom stereocenters. The minimum atomic E-state index is -0.295. The predicted octanol–water partition coefficient (Wildman–Crippen LogP) is 3.11. The molecule has 5 heteroatoms. The highest BCUT2D eigenvalue weighted by Crippen LogP contribution is 2.35. The first-order valence-corrected chi connectivity index (χ1v) is 8.83. The summed E-state index contributed by atoms with van der Waals surface area (Å²) in [5.74, 6) is 1.16. The van der Waals surface area contributed by atoms with Gasteiger partial charge in [-0.05, 0) is 36.8 Å². The van der Waals surface area contributed by atoms with Crippen molar-refractivity contribution in [3.05, 3.63) is 34.9 Å². The number of carbonyl (C=O) groups excluding carboxylic acids is 2. The van der Waals surface area contributed by atoms with Crippen LogP contribution in [0.2, 0.25) is 5.02 Å². The molecule has 1 aromatic rings. The average Bonchev–Trinajstić information content (AvgIpc) is 2.59. The molecule has 0 bridgehead atoms. The van der Waals surface area contributed by atoms with Crippen molar-refractivity contribution >= 4 is 23.4 Å². The molecule has 2 fully saturated rings. The summed E-state index contributed by atoms with van der Waals surface area (Å²) in [7, 11) is 0. The number of halogens is 1. The second-order valence-corrected chi connectivity index (χ2v) is 7.00. The van der Waals surface area contributed by atoms with E-state index in [1.54, 1.807) is 24.3 Å². The largest absolute Gasteiger partial charge is 0.343 e. The molecule has 1 aromatic carbocycles. The predicted molar refractivity (Wildman–Crippen MR) is 90.4 cm³/mol. The Balaban J connectivity index is 1.51. The van der Waals surface area contributed by atoms with Crippen molar-refractivity contribution in [1.29, 1.82) is 0 Å². The van der Waals surface area contributed by atoms with Crippen molar-refractivity contribution in [3.8, 4) is 0 Å². The Morgan fingerprint density at radius 1 is 1.13 bits per heavy atom. The summed E-state index contributed by atoms with van der Waals surface area (Å²) in [4.78, 5) is 26.4. The second-order valence-electron chi connectivity index (χ2n) is 6.60. The highest BCUT2D eigenvalue weighted by molar-refractivity contribution is 6.33. The lowest BCUT2D eigenvalue weighted by atomic mass is 9.75. The molecule has 23 heavy (non-hydrogen) atoms. The van der Waals surface area contributed by atoms with Gasteiger partial charge in [0.05, 0.1) is 17.1 Å². The number of benzene rings is 1. The lowest BCUT2D eigenvalue weighted by Gasteiger charge is -2.41. The molecule has 1 heterocycles. The van der Waals surface area contributed by atoms with Gasteiger partial charge in [0.1, 0.15) is 0 Å². The minimum Gasteiger partial charge on any atom is -0.343 e. The number of hydrogen-bond acceptors (Lipinski definition) is 2. The van der Waals surface area contributed by atoms with Crippen LogP contribution in [0.4, 0.5) is 0 Å². The van der Waals surface area contributed by atoms with E-state index in [0.29, 0.717) is 16.5 Å². The summed E-state index contributed by atoms with van der Waals surface area (Å²) in [5.41, 5.74) is 0.410. The number of hydrogen-bond donors (Lipinski definition) is 1. The average molecular weight is 335 g/mol. The van der Waals surface area contributed by atoms with Gasteiger partial charge in [-0.15, -0.1) is 0 Å². The maximum atomic E-state index is 12.4. The van der Waals surface area contributed by atoms with Crippen LogP contribution in [0.1, 0.15) is 42.5 Å². The summed E-state index contributed by atoms with van der Waals surface area (Å²) in [6.45, 7) is 1.72. The van der Waals surface area contributed by atoms with Crippen LogP contribution >= 0.6 is 11.6 Å². The van der Waals surface area contributed by atoms with Crippen molar-refractivity contribution in [2.24, 2.45) is 11.8 Å². The van der Waals surface area contributed by atoms with Gasteiger partial charge < -0.3 is 10.2 Å². The molecular formula is C18H23ClN2O2. The Morgan fingerprint density at radius 2 is 1.87 bits per heavy atom. The number of carbonyl (C=O) groups is 2. The number of amides is 2. The van der Waals surface area contributed by atoms with Gasteiger partial charge in [0.25, 0.3) is 5.91 Å². The number of fused-ring (bicyclic) bond motifs is 1. The van der Waals surface area contributed by atoms with E-state index in [9.17, 15) is 9.59 Å². The van der Waals surface area contributed by atoms with Crippen molar-refractivity contribution in [2.75, 3.05) is 19.6 Å². The van der Waals surface area contributed by atoms with E-state index >= 15 is 0 Å². The molecule has 4 nitrogen and oxygen atoms in total. The first kappa shape index (κ1) is 16.3. The molecule has 124 valence electrons. The highest BCUT2D eigenvalue weighted by atomic mass is 35.5. The van der Waals surface area contributed by atoms with Crippen molar-refractivity contribution in [2.45, 2.75) is 32.1 Å². The second kappa shape index (κ2) is 7.35. The Hall–Kier alpha value is -1.55. The van der Waals surface area contributed by atoms with Crippen molar-refractivity contribution < 1.29 is 9.59 Å². The number of rotatable bonds is 3. The smallest absolute Gasteiger partial charge is 0.253 e. The van der Waals surface area contributed by atoms with Gasteiger partial charge in [0.15, 0.2) is 0 Å². The summed E-state index contributed by atoms with van der Waals surface area (Å²) < 4.78 is 0. The molecule has 1 aliphatic carbocycles. The zero-order valence-electron chi connectivity index (χ0n) is 13.3. The van der Waals surface area contributed by atoms with Crippen LogP contribution in [0.15, 0.2) is 24.3 Å². The van der Waals surface area contributed by atoms with Gasteiger partial charge >= 0.3 is 0 Å². The van der Waals surface area contributed by atoms with E-state index in [1.807, 2.05) is 4.90 Å². The van der Waals surface area contributed by atoms with Gasteiger partial charge in [-0.1, -0.05) is 43.0 Å². The summed E-state index contributed by atoms with van der Waals surface area (Å²) in [6.07, 6.45) is 6.28. The molecule has 2 aliphatic rings. The zero-order chi connectivity index (χ0) is 16.2. The molecule has 3 rings (SSSR count). The third-order valence-corrected chi connectivity index (χ3v) is 5.49. The molecule has 2 atom stereocenters. The molecule has 1 N–H and O–H groups in total. The first-order chi connectivity index (χ1) is 11.1. The molecule has 0 spiro atoms. The van der Waals surface area contributed by atoms with E-state index in [1.165, 1.54) is 25.7 Å². The van der Waals surface area contributed by atoms with Crippen LogP contribution in [0, 0.1) is 11.8 Å². The highest BCUT2D eigenvalue weighted by Gasteiger charge is 2.32. The maximum absolute atomic E-state index is 12.4. The molecule has 2 amide bonds. The topological polar surface area (TPSA) is 49.4 Å². The summed E-state index contributed by atoms with van der Waals surface area (Å²) >= 11 is 6.00. The maximum Gasteiger partial charge on any atom is 0.253 e. The van der Waals surface area contributed by atoms with Gasteiger partial charge in [-0.25, -0.2) is 0 Å². The van der Waals surface area contributed by atoms with E-state index in [-0.39, 0.29) is 18.4 Å². The van der Waals surface area contributed by atoms with Crippen LogP contribution in [0.25, 0.3) is 0 Å². The fourth-order valence-electron chi connectivity index (χ4n) is 3.84. The van der Waals surface area contributed by atoms with E-state index < -0.39 is 0 Å². The van der Waals surface area contributed by atoms with E-state index in [4.69, 9.17) is 11.6 Å². The number of likely N-dealkylation sites (tertiary alicyclic amines) is 1.